The van der Waals surface area contributed by atoms with Crippen LogP contribution in [-0.4, -0.2) is 12.7 Å². The normalized spacial score (nSPS) is 11.6. The minimum atomic E-state index is 0.541. The van der Waals surface area contributed by atoms with Crippen LogP contribution in [0.25, 0.3) is 0 Å². The van der Waals surface area contributed by atoms with Crippen molar-refractivity contribution in [3.63, 3.8) is 0 Å². The minimum Gasteiger partial charge on any atom is -0.378 e. The van der Waals surface area contributed by atoms with Gasteiger partial charge in [-0.2, -0.15) is 0 Å². The van der Waals surface area contributed by atoms with Crippen molar-refractivity contribution in [2.75, 3.05) is 6.61 Å². The van der Waals surface area contributed by atoms with Crippen molar-refractivity contribution in [2.24, 2.45) is 0 Å². The molecular formula is C31H64O. The molecule has 0 aliphatic rings. The highest BCUT2D eigenvalue weighted by Crippen LogP contribution is 2.18. The van der Waals surface area contributed by atoms with E-state index in [1.54, 1.807) is 0 Å². The van der Waals surface area contributed by atoms with E-state index >= 15 is 0 Å². The first-order valence-corrected chi connectivity index (χ1v) is 15.5. The van der Waals surface area contributed by atoms with E-state index in [9.17, 15) is 0 Å². The summed E-state index contributed by atoms with van der Waals surface area (Å²) in [4.78, 5) is 0. The number of hydrogen-bond acceptors (Lipinski definition) is 1. The van der Waals surface area contributed by atoms with Crippen molar-refractivity contribution in [1.82, 2.24) is 0 Å². The Morgan fingerprint density at radius 2 is 0.625 bits per heavy atom. The van der Waals surface area contributed by atoms with Gasteiger partial charge in [-0.25, -0.2) is 0 Å². The Balaban J connectivity index is 3.82. The summed E-state index contributed by atoms with van der Waals surface area (Å²) in [6, 6.07) is 0. The second-order valence-corrected chi connectivity index (χ2v) is 10.5. The molecule has 0 aromatic heterocycles. The van der Waals surface area contributed by atoms with Crippen molar-refractivity contribution in [2.45, 2.75) is 194 Å². The molecule has 1 heteroatoms. The number of unbranched alkanes of at least 4 members (excludes halogenated alkanes) is 21. The molecule has 0 saturated heterocycles. The lowest BCUT2D eigenvalue weighted by molar-refractivity contribution is 0.0357. The fourth-order valence-corrected chi connectivity index (χ4v) is 4.81. The summed E-state index contributed by atoms with van der Waals surface area (Å²) in [6.45, 7) is 7.91. The highest BCUT2D eigenvalue weighted by molar-refractivity contribution is 4.61. The highest BCUT2D eigenvalue weighted by Gasteiger charge is 2.09. The fourth-order valence-electron chi connectivity index (χ4n) is 4.81. The standard InChI is InChI=1S/C31H64O/c1-4-7-10-13-16-18-20-22-25-28-31(32-30-27-24-15-12-9-6-3)29-26-23-21-19-17-14-11-8-5-2/h31H,4-30H2,1-3H3. The van der Waals surface area contributed by atoms with Crippen LogP contribution in [-0.2, 0) is 4.74 Å². The molecule has 0 heterocycles. The van der Waals surface area contributed by atoms with E-state index in [0.717, 1.165) is 6.61 Å². The van der Waals surface area contributed by atoms with Gasteiger partial charge in [0, 0.05) is 6.61 Å². The van der Waals surface area contributed by atoms with E-state index in [4.69, 9.17) is 4.74 Å². The molecule has 0 fully saturated rings. The average Bonchev–Trinajstić information content (AvgIpc) is 2.80. The zero-order chi connectivity index (χ0) is 23.4. The molecule has 0 saturated carbocycles. The Labute approximate surface area is 205 Å². The molecule has 0 aromatic carbocycles. The smallest absolute Gasteiger partial charge is 0.0575 e. The van der Waals surface area contributed by atoms with Gasteiger partial charge in [0.1, 0.15) is 0 Å². The molecule has 194 valence electrons. The molecule has 0 spiro atoms. The zero-order valence-corrected chi connectivity index (χ0v) is 23.1. The number of ether oxygens (including phenoxy) is 1. The van der Waals surface area contributed by atoms with Crippen LogP contribution < -0.4 is 0 Å². The molecule has 0 amide bonds. The van der Waals surface area contributed by atoms with Crippen molar-refractivity contribution in [3.05, 3.63) is 0 Å². The lowest BCUT2D eigenvalue weighted by Crippen LogP contribution is -2.14. The molecule has 0 unspecified atom stereocenters. The first-order valence-electron chi connectivity index (χ1n) is 15.5. The van der Waals surface area contributed by atoms with E-state index < -0.39 is 0 Å². The van der Waals surface area contributed by atoms with Gasteiger partial charge in [-0.05, 0) is 19.3 Å². The molecule has 32 heavy (non-hydrogen) atoms. The van der Waals surface area contributed by atoms with Gasteiger partial charge in [0.05, 0.1) is 6.10 Å². The summed E-state index contributed by atoms with van der Waals surface area (Å²) in [5.74, 6) is 0. The molecule has 0 rings (SSSR count). The molecule has 0 bridgehead atoms. The zero-order valence-electron chi connectivity index (χ0n) is 23.1. The van der Waals surface area contributed by atoms with Gasteiger partial charge in [-0.15, -0.1) is 0 Å². The summed E-state index contributed by atoms with van der Waals surface area (Å²) >= 11 is 0. The SMILES string of the molecule is CCCCCCCCCCCC(CCCCCCCCCCC)OCCCCCCCC. The van der Waals surface area contributed by atoms with Gasteiger partial charge in [-0.3, -0.25) is 0 Å². The number of rotatable bonds is 28. The van der Waals surface area contributed by atoms with Gasteiger partial charge in [0.25, 0.3) is 0 Å². The summed E-state index contributed by atoms with van der Waals surface area (Å²) in [5, 5.41) is 0. The second-order valence-electron chi connectivity index (χ2n) is 10.5. The van der Waals surface area contributed by atoms with E-state index in [-0.39, 0.29) is 0 Å². The third kappa shape index (κ3) is 26.2. The Morgan fingerprint density at radius 3 is 0.969 bits per heavy atom. The predicted molar refractivity (Wildman–Crippen MR) is 147 cm³/mol. The van der Waals surface area contributed by atoms with Gasteiger partial charge in [0.15, 0.2) is 0 Å². The van der Waals surface area contributed by atoms with Crippen molar-refractivity contribution < 1.29 is 4.74 Å². The Hall–Kier alpha value is -0.0400. The Morgan fingerprint density at radius 1 is 0.344 bits per heavy atom. The van der Waals surface area contributed by atoms with Crippen LogP contribution in [0.15, 0.2) is 0 Å². The molecular weight excluding hydrogens is 388 g/mol. The number of hydrogen-bond donors (Lipinski definition) is 0. The lowest BCUT2D eigenvalue weighted by Gasteiger charge is -2.18. The summed E-state index contributed by atoms with van der Waals surface area (Å²) in [7, 11) is 0. The predicted octanol–water partition coefficient (Wildman–Crippen LogP) is 11.6. The first kappa shape index (κ1) is 32.0. The second kappa shape index (κ2) is 29.0. The van der Waals surface area contributed by atoms with Crippen molar-refractivity contribution in [3.8, 4) is 0 Å². The lowest BCUT2D eigenvalue weighted by atomic mass is 10.0. The summed E-state index contributed by atoms with van der Waals surface area (Å²) in [5.41, 5.74) is 0. The maximum absolute atomic E-state index is 6.39. The minimum absolute atomic E-state index is 0.541. The molecule has 0 N–H and O–H groups in total. The average molecular weight is 453 g/mol. The summed E-state index contributed by atoms with van der Waals surface area (Å²) in [6.07, 6.45) is 37.0. The largest absolute Gasteiger partial charge is 0.378 e. The van der Waals surface area contributed by atoms with Crippen LogP contribution in [0.5, 0.6) is 0 Å². The van der Waals surface area contributed by atoms with Crippen LogP contribution in [0.1, 0.15) is 188 Å². The maximum Gasteiger partial charge on any atom is 0.0575 e. The van der Waals surface area contributed by atoms with Crippen LogP contribution in [0.2, 0.25) is 0 Å². The van der Waals surface area contributed by atoms with Crippen molar-refractivity contribution >= 4 is 0 Å². The van der Waals surface area contributed by atoms with E-state index in [1.807, 2.05) is 0 Å². The maximum atomic E-state index is 6.39. The van der Waals surface area contributed by atoms with Crippen LogP contribution in [0.4, 0.5) is 0 Å². The molecule has 0 radical (unpaired) electrons. The highest BCUT2D eigenvalue weighted by atomic mass is 16.5. The van der Waals surface area contributed by atoms with E-state index in [0.29, 0.717) is 6.10 Å². The van der Waals surface area contributed by atoms with Crippen molar-refractivity contribution in [1.29, 1.82) is 0 Å². The monoisotopic (exact) mass is 452 g/mol. The molecule has 0 aliphatic carbocycles. The van der Waals surface area contributed by atoms with Gasteiger partial charge < -0.3 is 4.74 Å². The Bertz CT molecular complexity index is 292. The molecule has 1 nitrogen and oxygen atoms in total. The van der Waals surface area contributed by atoms with E-state index in [1.165, 1.54) is 167 Å². The molecule has 0 aromatic rings. The Kier molecular flexibility index (Phi) is 29.0. The fraction of sp³-hybridized carbons (Fsp3) is 1.00. The van der Waals surface area contributed by atoms with Crippen LogP contribution in [0.3, 0.4) is 0 Å². The third-order valence-corrected chi connectivity index (χ3v) is 7.11. The third-order valence-electron chi connectivity index (χ3n) is 7.11. The quantitative estimate of drug-likeness (QED) is 0.107. The van der Waals surface area contributed by atoms with Gasteiger partial charge >= 0.3 is 0 Å². The van der Waals surface area contributed by atoms with E-state index in [2.05, 4.69) is 20.8 Å². The van der Waals surface area contributed by atoms with Crippen LogP contribution >= 0.6 is 0 Å². The first-order chi connectivity index (χ1) is 15.8. The molecule has 0 atom stereocenters. The summed E-state index contributed by atoms with van der Waals surface area (Å²) < 4.78 is 6.39. The van der Waals surface area contributed by atoms with Gasteiger partial charge in [0.2, 0.25) is 0 Å². The van der Waals surface area contributed by atoms with Gasteiger partial charge in [-0.1, -0.05) is 168 Å². The topological polar surface area (TPSA) is 9.23 Å². The van der Waals surface area contributed by atoms with Crippen LogP contribution in [0, 0.1) is 0 Å². The molecule has 0 aliphatic heterocycles.